The highest BCUT2D eigenvalue weighted by molar-refractivity contribution is 6.31. The Morgan fingerprint density at radius 1 is 1.04 bits per heavy atom. The summed E-state index contributed by atoms with van der Waals surface area (Å²) < 4.78 is 44.5. The van der Waals surface area contributed by atoms with Crippen molar-refractivity contribution in [3.63, 3.8) is 0 Å². The van der Waals surface area contributed by atoms with E-state index in [0.29, 0.717) is 5.69 Å². The lowest BCUT2D eigenvalue weighted by atomic mass is 10.1. The van der Waals surface area contributed by atoms with E-state index < -0.39 is 22.7 Å². The van der Waals surface area contributed by atoms with Gasteiger partial charge in [0.05, 0.1) is 10.6 Å². The number of benzene rings is 2. The van der Waals surface area contributed by atoms with E-state index in [1.165, 1.54) is 18.2 Å². The first kappa shape index (κ1) is 19.0. The third-order valence-corrected chi connectivity index (χ3v) is 4.36. The number of alkyl halides is 3. The maximum absolute atomic E-state index is 13.0. The second-order valence-corrected chi connectivity index (χ2v) is 6.54. The van der Waals surface area contributed by atoms with E-state index in [-0.39, 0.29) is 17.1 Å². The molecule has 0 saturated carbocycles. The van der Waals surface area contributed by atoms with Crippen LogP contribution < -0.4 is 5.32 Å². The van der Waals surface area contributed by atoms with Crippen LogP contribution in [0.2, 0.25) is 5.02 Å². The molecule has 7 heteroatoms. The van der Waals surface area contributed by atoms with Crippen LogP contribution in [-0.2, 0) is 6.18 Å². The van der Waals surface area contributed by atoms with Gasteiger partial charge < -0.3 is 9.73 Å². The number of hydrogen-bond acceptors (Lipinski definition) is 2. The fraction of sp³-hybridized carbons (Fsp3) is 0.150. The van der Waals surface area contributed by atoms with Gasteiger partial charge in [-0.1, -0.05) is 23.7 Å². The number of anilines is 1. The molecule has 3 aromatic rings. The predicted molar refractivity (Wildman–Crippen MR) is 98.0 cm³/mol. The summed E-state index contributed by atoms with van der Waals surface area (Å²) in [5, 5.41) is 2.35. The summed E-state index contributed by atoms with van der Waals surface area (Å²) >= 11 is 5.63. The zero-order valence-corrected chi connectivity index (χ0v) is 15.2. The van der Waals surface area contributed by atoms with E-state index in [2.05, 4.69) is 5.32 Å². The maximum Gasteiger partial charge on any atom is 0.417 e. The molecule has 0 fully saturated rings. The van der Waals surface area contributed by atoms with Crippen LogP contribution in [0, 0.1) is 13.8 Å². The normalized spacial score (nSPS) is 11.5. The number of rotatable bonds is 3. The van der Waals surface area contributed by atoms with Gasteiger partial charge in [0.25, 0.3) is 5.91 Å². The van der Waals surface area contributed by atoms with Crippen LogP contribution >= 0.6 is 11.6 Å². The number of halogens is 4. The van der Waals surface area contributed by atoms with Gasteiger partial charge in [-0.15, -0.1) is 0 Å². The molecule has 0 saturated heterocycles. The molecule has 1 N–H and O–H groups in total. The Kier molecular flexibility index (Phi) is 5.02. The zero-order valence-electron chi connectivity index (χ0n) is 14.4. The van der Waals surface area contributed by atoms with Gasteiger partial charge in [0.15, 0.2) is 5.76 Å². The summed E-state index contributed by atoms with van der Waals surface area (Å²) in [6.07, 6.45) is -4.58. The molecule has 3 rings (SSSR count). The van der Waals surface area contributed by atoms with E-state index in [4.69, 9.17) is 16.0 Å². The Morgan fingerprint density at radius 2 is 1.78 bits per heavy atom. The molecular formula is C20H15ClF3NO2. The quantitative estimate of drug-likeness (QED) is 0.552. The Morgan fingerprint density at radius 3 is 2.48 bits per heavy atom. The second kappa shape index (κ2) is 7.12. The molecule has 0 unspecified atom stereocenters. The summed E-state index contributed by atoms with van der Waals surface area (Å²) in [6, 6.07) is 11.9. The Balaban J connectivity index is 1.87. The maximum atomic E-state index is 13.0. The number of amides is 1. The monoisotopic (exact) mass is 393 g/mol. The van der Waals surface area contributed by atoms with E-state index in [1.807, 2.05) is 32.0 Å². The van der Waals surface area contributed by atoms with Crippen LogP contribution in [0.1, 0.15) is 27.2 Å². The topological polar surface area (TPSA) is 42.2 Å². The third kappa shape index (κ3) is 4.17. The number of aryl methyl sites for hydroxylation is 2. The highest BCUT2D eigenvalue weighted by atomic mass is 35.5. The molecule has 0 aliphatic heterocycles. The Hall–Kier alpha value is -2.73. The molecule has 0 spiro atoms. The zero-order chi connectivity index (χ0) is 19.8. The van der Waals surface area contributed by atoms with Gasteiger partial charge in [-0.2, -0.15) is 13.2 Å². The fourth-order valence-corrected chi connectivity index (χ4v) is 2.79. The van der Waals surface area contributed by atoms with Crippen LogP contribution in [0.25, 0.3) is 11.3 Å². The van der Waals surface area contributed by atoms with Crippen LogP contribution in [-0.4, -0.2) is 5.91 Å². The lowest BCUT2D eigenvalue weighted by Gasteiger charge is -2.10. The van der Waals surface area contributed by atoms with Crippen LogP contribution in [0.4, 0.5) is 18.9 Å². The minimum absolute atomic E-state index is 0.00517. The number of hydrogen-bond donors (Lipinski definition) is 1. The second-order valence-electron chi connectivity index (χ2n) is 6.13. The van der Waals surface area contributed by atoms with E-state index in [9.17, 15) is 18.0 Å². The number of carbonyl (C=O) groups is 1. The first-order chi connectivity index (χ1) is 12.6. The number of carbonyl (C=O) groups excluding carboxylic acids is 1. The molecule has 0 aliphatic carbocycles. The summed E-state index contributed by atoms with van der Waals surface area (Å²) in [4.78, 5) is 12.4. The Bertz CT molecular complexity index is 1010. The van der Waals surface area contributed by atoms with Crippen molar-refractivity contribution in [2.45, 2.75) is 20.0 Å². The molecule has 27 heavy (non-hydrogen) atoms. The summed E-state index contributed by atoms with van der Waals surface area (Å²) in [5.41, 5.74) is 1.73. The molecule has 140 valence electrons. The van der Waals surface area contributed by atoms with Crippen molar-refractivity contribution in [2.24, 2.45) is 0 Å². The van der Waals surface area contributed by atoms with Crippen molar-refractivity contribution in [3.8, 4) is 11.3 Å². The molecule has 3 nitrogen and oxygen atoms in total. The van der Waals surface area contributed by atoms with Crippen LogP contribution in [0.15, 0.2) is 52.9 Å². The molecule has 1 amide bonds. The van der Waals surface area contributed by atoms with Crippen molar-refractivity contribution in [1.29, 1.82) is 0 Å². The number of nitrogens with one attached hydrogen (secondary N) is 1. The molecule has 1 heterocycles. The first-order valence-electron chi connectivity index (χ1n) is 8.01. The average molecular weight is 394 g/mol. The van der Waals surface area contributed by atoms with E-state index >= 15 is 0 Å². The van der Waals surface area contributed by atoms with Crippen molar-refractivity contribution in [2.75, 3.05) is 5.32 Å². The first-order valence-corrected chi connectivity index (χ1v) is 8.38. The average Bonchev–Trinajstić information content (AvgIpc) is 3.07. The van der Waals surface area contributed by atoms with Gasteiger partial charge in [0, 0.05) is 11.3 Å². The van der Waals surface area contributed by atoms with Gasteiger partial charge in [0.2, 0.25) is 0 Å². The van der Waals surface area contributed by atoms with Gasteiger partial charge in [-0.25, -0.2) is 0 Å². The fourth-order valence-electron chi connectivity index (χ4n) is 2.57. The van der Waals surface area contributed by atoms with E-state index in [1.54, 1.807) is 0 Å². The predicted octanol–water partition coefficient (Wildman–Crippen LogP) is 6.49. The molecule has 1 aromatic heterocycles. The largest absolute Gasteiger partial charge is 0.451 e. The van der Waals surface area contributed by atoms with Crippen molar-refractivity contribution < 1.29 is 22.4 Å². The van der Waals surface area contributed by atoms with Crippen LogP contribution in [0.5, 0.6) is 0 Å². The molecule has 2 aromatic carbocycles. The summed E-state index contributed by atoms with van der Waals surface area (Å²) in [5.74, 6) is -0.349. The molecule has 0 bridgehead atoms. The van der Waals surface area contributed by atoms with Gasteiger partial charge in [-0.05, 0) is 61.4 Å². The highest BCUT2D eigenvalue weighted by Crippen LogP contribution is 2.37. The lowest BCUT2D eigenvalue weighted by Crippen LogP contribution is -2.11. The van der Waals surface area contributed by atoms with Gasteiger partial charge in [0.1, 0.15) is 5.76 Å². The molecule has 0 radical (unpaired) electrons. The molecular weight excluding hydrogens is 379 g/mol. The SMILES string of the molecule is Cc1ccc(C)c(NC(=O)c2ccc(-c3ccc(Cl)c(C(F)(F)F)c3)o2)c1. The molecule has 0 aliphatic rings. The lowest BCUT2D eigenvalue weighted by molar-refractivity contribution is -0.137. The third-order valence-electron chi connectivity index (χ3n) is 4.03. The van der Waals surface area contributed by atoms with Gasteiger partial charge in [-0.3, -0.25) is 4.79 Å². The van der Waals surface area contributed by atoms with E-state index in [0.717, 1.165) is 23.3 Å². The van der Waals surface area contributed by atoms with Crippen LogP contribution in [0.3, 0.4) is 0 Å². The smallest absolute Gasteiger partial charge is 0.417 e. The minimum Gasteiger partial charge on any atom is -0.451 e. The Labute approximate surface area is 158 Å². The minimum atomic E-state index is -4.58. The van der Waals surface area contributed by atoms with Crippen molar-refractivity contribution in [1.82, 2.24) is 0 Å². The van der Waals surface area contributed by atoms with Gasteiger partial charge >= 0.3 is 6.18 Å². The number of furan rings is 1. The standard InChI is InChI=1S/C20H15ClF3NO2/c1-11-3-4-12(2)16(9-11)25-19(26)18-8-7-17(27-18)13-5-6-15(21)14(10-13)20(22,23)24/h3-10H,1-2H3,(H,25,26). The summed E-state index contributed by atoms with van der Waals surface area (Å²) in [7, 11) is 0. The van der Waals surface area contributed by atoms with Crippen molar-refractivity contribution >= 4 is 23.2 Å². The summed E-state index contributed by atoms with van der Waals surface area (Å²) in [6.45, 7) is 3.76. The van der Waals surface area contributed by atoms with Crippen molar-refractivity contribution in [3.05, 3.63) is 76.0 Å². The highest BCUT2D eigenvalue weighted by Gasteiger charge is 2.33. The molecule has 0 atom stereocenters.